The number of rotatable bonds is 5. The number of carbonyl (C=O) groups is 1. The van der Waals surface area contributed by atoms with Crippen LogP contribution < -0.4 is 5.32 Å². The summed E-state index contributed by atoms with van der Waals surface area (Å²) in [6, 6.07) is 7.74. The van der Waals surface area contributed by atoms with E-state index < -0.39 is 0 Å². The minimum atomic E-state index is 0.110. The molecule has 1 N–H and O–H groups in total. The summed E-state index contributed by atoms with van der Waals surface area (Å²) in [7, 11) is 1.91. The molecule has 1 aromatic carbocycles. The van der Waals surface area contributed by atoms with Crippen LogP contribution in [-0.2, 0) is 11.8 Å². The zero-order valence-electron chi connectivity index (χ0n) is 13.0. The monoisotopic (exact) mass is 298 g/mol. The summed E-state index contributed by atoms with van der Waals surface area (Å²) in [4.78, 5) is 12.0. The molecule has 2 aromatic rings. The Labute approximate surface area is 130 Å². The maximum absolute atomic E-state index is 12.0. The van der Waals surface area contributed by atoms with E-state index in [2.05, 4.69) is 15.5 Å². The first-order chi connectivity index (χ1) is 10.7. The molecule has 116 valence electrons. The standard InChI is InChI=1S/C17H22N4O/c1-21-12-18-20-17(21)14-7-9-15(10-8-14)19-16(22)11-6-13-4-2-3-5-13/h7-10,12-13H,2-6,11H2,1H3,(H,19,22). The second-order valence-electron chi connectivity index (χ2n) is 6.08. The smallest absolute Gasteiger partial charge is 0.224 e. The van der Waals surface area contributed by atoms with Crippen molar-refractivity contribution in [1.82, 2.24) is 14.8 Å². The van der Waals surface area contributed by atoms with Crippen molar-refractivity contribution in [2.75, 3.05) is 5.32 Å². The number of benzene rings is 1. The van der Waals surface area contributed by atoms with Crippen molar-refractivity contribution >= 4 is 11.6 Å². The molecule has 0 aliphatic heterocycles. The molecule has 1 fully saturated rings. The van der Waals surface area contributed by atoms with Crippen LogP contribution in [0, 0.1) is 5.92 Å². The summed E-state index contributed by atoms with van der Waals surface area (Å²) in [6.45, 7) is 0. The number of amides is 1. The molecule has 1 amide bonds. The van der Waals surface area contributed by atoms with Gasteiger partial charge in [0.25, 0.3) is 0 Å². The Balaban J connectivity index is 1.54. The first kappa shape index (κ1) is 14.8. The van der Waals surface area contributed by atoms with Crippen molar-refractivity contribution < 1.29 is 4.79 Å². The summed E-state index contributed by atoms with van der Waals surface area (Å²) < 4.78 is 1.87. The maximum Gasteiger partial charge on any atom is 0.224 e. The summed E-state index contributed by atoms with van der Waals surface area (Å²) >= 11 is 0. The lowest BCUT2D eigenvalue weighted by Crippen LogP contribution is -2.12. The molecule has 0 saturated heterocycles. The molecule has 22 heavy (non-hydrogen) atoms. The van der Waals surface area contributed by atoms with Crippen LogP contribution in [0.5, 0.6) is 0 Å². The van der Waals surface area contributed by atoms with Crippen LogP contribution in [0.4, 0.5) is 5.69 Å². The number of nitrogens with zero attached hydrogens (tertiary/aromatic N) is 3. The predicted molar refractivity (Wildman–Crippen MR) is 86.3 cm³/mol. The topological polar surface area (TPSA) is 59.8 Å². The first-order valence-corrected chi connectivity index (χ1v) is 7.96. The zero-order chi connectivity index (χ0) is 15.4. The lowest BCUT2D eigenvalue weighted by atomic mass is 10.0. The molecular weight excluding hydrogens is 276 g/mol. The third-order valence-electron chi connectivity index (χ3n) is 4.39. The molecule has 0 radical (unpaired) electrons. The Bertz CT molecular complexity index is 626. The zero-order valence-corrected chi connectivity index (χ0v) is 13.0. The Morgan fingerprint density at radius 2 is 2.00 bits per heavy atom. The van der Waals surface area contributed by atoms with E-state index in [9.17, 15) is 4.79 Å². The summed E-state index contributed by atoms with van der Waals surface area (Å²) in [6.07, 6.45) is 8.55. The molecule has 0 spiro atoms. The fourth-order valence-corrected chi connectivity index (χ4v) is 3.10. The van der Waals surface area contributed by atoms with Crippen LogP contribution in [0.3, 0.4) is 0 Å². The van der Waals surface area contributed by atoms with Crippen molar-refractivity contribution in [2.45, 2.75) is 38.5 Å². The van der Waals surface area contributed by atoms with Crippen molar-refractivity contribution in [1.29, 1.82) is 0 Å². The predicted octanol–water partition coefficient (Wildman–Crippen LogP) is 3.39. The Kier molecular flexibility index (Phi) is 4.51. The fourth-order valence-electron chi connectivity index (χ4n) is 3.10. The largest absolute Gasteiger partial charge is 0.326 e. The molecule has 5 heteroatoms. The van der Waals surface area contributed by atoms with Gasteiger partial charge >= 0.3 is 0 Å². The number of hydrogen-bond acceptors (Lipinski definition) is 3. The summed E-state index contributed by atoms with van der Waals surface area (Å²) in [5.41, 5.74) is 1.83. The van der Waals surface area contributed by atoms with Gasteiger partial charge < -0.3 is 9.88 Å². The van der Waals surface area contributed by atoms with Crippen LogP contribution in [0.2, 0.25) is 0 Å². The molecule has 1 aliphatic carbocycles. The van der Waals surface area contributed by atoms with Gasteiger partial charge in [-0.3, -0.25) is 4.79 Å². The second-order valence-corrected chi connectivity index (χ2v) is 6.08. The third kappa shape index (κ3) is 3.53. The molecule has 1 saturated carbocycles. The summed E-state index contributed by atoms with van der Waals surface area (Å²) in [5, 5.41) is 10.9. The third-order valence-corrected chi connectivity index (χ3v) is 4.39. The number of carbonyl (C=O) groups excluding carboxylic acids is 1. The highest BCUT2D eigenvalue weighted by molar-refractivity contribution is 5.90. The number of anilines is 1. The lowest BCUT2D eigenvalue weighted by molar-refractivity contribution is -0.116. The molecule has 0 unspecified atom stereocenters. The molecule has 5 nitrogen and oxygen atoms in total. The van der Waals surface area contributed by atoms with E-state index in [1.54, 1.807) is 6.33 Å². The highest BCUT2D eigenvalue weighted by atomic mass is 16.1. The van der Waals surface area contributed by atoms with Gasteiger partial charge in [-0.05, 0) is 36.6 Å². The van der Waals surface area contributed by atoms with E-state index in [1.807, 2.05) is 35.9 Å². The molecule has 3 rings (SSSR count). The maximum atomic E-state index is 12.0. The Morgan fingerprint density at radius 1 is 1.27 bits per heavy atom. The highest BCUT2D eigenvalue weighted by Gasteiger charge is 2.16. The van der Waals surface area contributed by atoms with E-state index in [0.29, 0.717) is 6.42 Å². The van der Waals surface area contributed by atoms with Crippen molar-refractivity contribution in [2.24, 2.45) is 13.0 Å². The van der Waals surface area contributed by atoms with Gasteiger partial charge in [-0.25, -0.2) is 0 Å². The van der Waals surface area contributed by atoms with Crippen LogP contribution >= 0.6 is 0 Å². The fraction of sp³-hybridized carbons (Fsp3) is 0.471. The van der Waals surface area contributed by atoms with Crippen molar-refractivity contribution in [3.05, 3.63) is 30.6 Å². The van der Waals surface area contributed by atoms with Gasteiger partial charge in [0, 0.05) is 24.7 Å². The van der Waals surface area contributed by atoms with Gasteiger partial charge in [0.15, 0.2) is 5.82 Å². The first-order valence-electron chi connectivity index (χ1n) is 7.96. The van der Waals surface area contributed by atoms with Gasteiger partial charge in [0.2, 0.25) is 5.91 Å². The summed E-state index contributed by atoms with van der Waals surface area (Å²) in [5.74, 6) is 1.68. The minimum Gasteiger partial charge on any atom is -0.326 e. The van der Waals surface area contributed by atoms with E-state index in [0.717, 1.165) is 29.4 Å². The number of nitrogens with one attached hydrogen (secondary N) is 1. The van der Waals surface area contributed by atoms with Crippen LogP contribution in [0.25, 0.3) is 11.4 Å². The second kappa shape index (κ2) is 6.73. The van der Waals surface area contributed by atoms with Gasteiger partial charge in [-0.2, -0.15) is 0 Å². The van der Waals surface area contributed by atoms with Gasteiger partial charge in [0.05, 0.1) is 0 Å². The molecule has 0 bridgehead atoms. The van der Waals surface area contributed by atoms with E-state index in [-0.39, 0.29) is 5.91 Å². The molecule has 1 aliphatic rings. The quantitative estimate of drug-likeness (QED) is 0.920. The van der Waals surface area contributed by atoms with Gasteiger partial charge in [-0.15, -0.1) is 10.2 Å². The Hall–Kier alpha value is -2.17. The Morgan fingerprint density at radius 3 is 2.64 bits per heavy atom. The van der Waals surface area contributed by atoms with E-state index in [4.69, 9.17) is 0 Å². The van der Waals surface area contributed by atoms with Gasteiger partial charge in [-0.1, -0.05) is 25.7 Å². The molecule has 0 atom stereocenters. The highest BCUT2D eigenvalue weighted by Crippen LogP contribution is 2.28. The number of aromatic nitrogens is 3. The number of hydrogen-bond donors (Lipinski definition) is 1. The lowest BCUT2D eigenvalue weighted by Gasteiger charge is -2.09. The molecular formula is C17H22N4O. The van der Waals surface area contributed by atoms with Crippen LogP contribution in [0.1, 0.15) is 38.5 Å². The molecule has 1 aromatic heterocycles. The van der Waals surface area contributed by atoms with Crippen LogP contribution in [-0.4, -0.2) is 20.7 Å². The number of aryl methyl sites for hydroxylation is 1. The normalized spacial score (nSPS) is 15.1. The molecule has 1 heterocycles. The SMILES string of the molecule is Cn1cnnc1-c1ccc(NC(=O)CCC2CCCC2)cc1. The van der Waals surface area contributed by atoms with Crippen LogP contribution in [0.15, 0.2) is 30.6 Å². The average Bonchev–Trinajstić information content (AvgIpc) is 3.17. The average molecular weight is 298 g/mol. The minimum absolute atomic E-state index is 0.110. The van der Waals surface area contributed by atoms with Gasteiger partial charge in [0.1, 0.15) is 6.33 Å². The van der Waals surface area contributed by atoms with E-state index in [1.165, 1.54) is 25.7 Å². The van der Waals surface area contributed by atoms with Crippen molar-refractivity contribution in [3.63, 3.8) is 0 Å². The van der Waals surface area contributed by atoms with Crippen molar-refractivity contribution in [3.8, 4) is 11.4 Å². The van der Waals surface area contributed by atoms with E-state index >= 15 is 0 Å².